The Balaban J connectivity index is 2.79. The lowest BCUT2D eigenvalue weighted by Crippen LogP contribution is -2.28. The fraction of sp³-hybridized carbons (Fsp3) is 0.286. The molecule has 1 aromatic rings. The lowest BCUT2D eigenvalue weighted by atomic mass is 9.70. The first-order valence-corrected chi connectivity index (χ1v) is 5.64. The third kappa shape index (κ3) is 1.79. The van der Waals surface area contributed by atoms with Crippen LogP contribution < -0.4 is 0 Å². The Labute approximate surface area is 105 Å². The van der Waals surface area contributed by atoms with Gasteiger partial charge in [0.1, 0.15) is 0 Å². The first-order chi connectivity index (χ1) is 8.34. The summed E-state index contributed by atoms with van der Waals surface area (Å²) < 4.78 is 0. The number of hydrogen-bond donors (Lipinski definition) is 2. The molecule has 0 heterocycles. The van der Waals surface area contributed by atoms with Gasteiger partial charge in [-0.1, -0.05) is 38.1 Å². The van der Waals surface area contributed by atoms with Crippen LogP contribution in [0.4, 0.5) is 0 Å². The standard InChI is InChI=1S/C14H14O4/c1-14(2)7-9(12(15)16)11(13(17)18)8-5-3-4-6-10(8)14/h3-6H,7H2,1-2H3,(H,15,16)(H,17,18). The van der Waals surface area contributed by atoms with Gasteiger partial charge in [0.15, 0.2) is 0 Å². The van der Waals surface area contributed by atoms with Gasteiger partial charge in [0.2, 0.25) is 0 Å². The lowest BCUT2D eigenvalue weighted by Gasteiger charge is -2.33. The van der Waals surface area contributed by atoms with Crippen LogP contribution in [0.25, 0.3) is 5.57 Å². The average molecular weight is 246 g/mol. The van der Waals surface area contributed by atoms with Crippen molar-refractivity contribution in [2.45, 2.75) is 25.7 Å². The molecule has 0 radical (unpaired) electrons. The van der Waals surface area contributed by atoms with Crippen molar-refractivity contribution in [3.8, 4) is 0 Å². The Morgan fingerprint density at radius 1 is 1.11 bits per heavy atom. The van der Waals surface area contributed by atoms with E-state index in [0.717, 1.165) is 5.56 Å². The lowest BCUT2D eigenvalue weighted by molar-refractivity contribution is -0.134. The van der Waals surface area contributed by atoms with Gasteiger partial charge in [-0.05, 0) is 23.0 Å². The normalized spacial score (nSPS) is 17.2. The second-order valence-electron chi connectivity index (χ2n) is 5.07. The van der Waals surface area contributed by atoms with Crippen molar-refractivity contribution in [1.29, 1.82) is 0 Å². The largest absolute Gasteiger partial charge is 0.478 e. The second-order valence-corrected chi connectivity index (χ2v) is 5.07. The van der Waals surface area contributed by atoms with E-state index in [1.165, 1.54) is 0 Å². The number of carboxylic acids is 2. The minimum absolute atomic E-state index is 0.0220. The Morgan fingerprint density at radius 2 is 1.72 bits per heavy atom. The fourth-order valence-corrected chi connectivity index (χ4v) is 2.51. The predicted molar refractivity (Wildman–Crippen MR) is 66.3 cm³/mol. The third-order valence-electron chi connectivity index (χ3n) is 3.32. The summed E-state index contributed by atoms with van der Waals surface area (Å²) in [5.74, 6) is -2.34. The summed E-state index contributed by atoms with van der Waals surface area (Å²) in [6.07, 6.45) is 0.223. The molecule has 0 aromatic heterocycles. The maximum atomic E-state index is 11.3. The zero-order chi connectivity index (χ0) is 13.5. The maximum absolute atomic E-state index is 11.3. The monoisotopic (exact) mass is 246 g/mol. The predicted octanol–water partition coefficient (Wildman–Crippen LogP) is 2.29. The van der Waals surface area contributed by atoms with E-state index in [4.69, 9.17) is 0 Å². The summed E-state index contributed by atoms with van der Waals surface area (Å²) in [6, 6.07) is 7.09. The molecule has 0 atom stereocenters. The minimum Gasteiger partial charge on any atom is -0.478 e. The molecule has 0 unspecified atom stereocenters. The quantitative estimate of drug-likeness (QED) is 0.839. The zero-order valence-corrected chi connectivity index (χ0v) is 10.2. The average Bonchev–Trinajstić information content (AvgIpc) is 2.27. The fourth-order valence-electron chi connectivity index (χ4n) is 2.51. The van der Waals surface area contributed by atoms with Crippen LogP contribution in [0, 0.1) is 0 Å². The summed E-state index contributed by atoms with van der Waals surface area (Å²) in [4.78, 5) is 22.6. The highest BCUT2D eigenvalue weighted by molar-refractivity contribution is 6.22. The zero-order valence-electron chi connectivity index (χ0n) is 10.2. The molecule has 0 fully saturated rings. The second kappa shape index (κ2) is 3.98. The molecule has 0 aliphatic heterocycles. The van der Waals surface area contributed by atoms with Crippen LogP contribution in [0.3, 0.4) is 0 Å². The summed E-state index contributed by atoms with van der Waals surface area (Å²) in [7, 11) is 0. The van der Waals surface area contributed by atoms with E-state index in [1.54, 1.807) is 12.1 Å². The number of carbonyl (C=O) groups is 2. The van der Waals surface area contributed by atoms with Crippen LogP contribution in [-0.2, 0) is 15.0 Å². The van der Waals surface area contributed by atoms with Gasteiger partial charge in [-0.2, -0.15) is 0 Å². The molecule has 18 heavy (non-hydrogen) atoms. The number of carboxylic acid groups (broad SMARTS) is 2. The van der Waals surface area contributed by atoms with E-state index in [0.29, 0.717) is 5.56 Å². The van der Waals surface area contributed by atoms with Crippen molar-refractivity contribution < 1.29 is 19.8 Å². The van der Waals surface area contributed by atoms with Gasteiger partial charge in [-0.3, -0.25) is 0 Å². The number of rotatable bonds is 2. The third-order valence-corrected chi connectivity index (χ3v) is 3.32. The molecule has 4 heteroatoms. The van der Waals surface area contributed by atoms with Gasteiger partial charge in [-0.25, -0.2) is 9.59 Å². The number of benzene rings is 1. The molecule has 0 saturated heterocycles. The first kappa shape index (κ1) is 12.4. The molecule has 2 rings (SSSR count). The number of fused-ring (bicyclic) bond motifs is 1. The van der Waals surface area contributed by atoms with E-state index in [1.807, 2.05) is 26.0 Å². The molecule has 94 valence electrons. The Bertz CT molecular complexity index is 567. The molecule has 2 N–H and O–H groups in total. The van der Waals surface area contributed by atoms with Crippen molar-refractivity contribution in [2.75, 3.05) is 0 Å². The Hall–Kier alpha value is -2.10. The Kier molecular flexibility index (Phi) is 2.73. The molecular formula is C14H14O4. The van der Waals surface area contributed by atoms with Gasteiger partial charge < -0.3 is 10.2 Å². The van der Waals surface area contributed by atoms with Crippen LogP contribution in [-0.4, -0.2) is 22.2 Å². The molecule has 1 aliphatic carbocycles. The van der Waals surface area contributed by atoms with Crippen molar-refractivity contribution >= 4 is 17.5 Å². The molecule has 1 aliphatic rings. The SMILES string of the molecule is CC1(C)CC(C(=O)O)=C(C(=O)O)c2ccccc21. The summed E-state index contributed by atoms with van der Waals surface area (Å²) >= 11 is 0. The Morgan fingerprint density at radius 3 is 2.28 bits per heavy atom. The smallest absolute Gasteiger partial charge is 0.336 e. The van der Waals surface area contributed by atoms with E-state index in [-0.39, 0.29) is 23.0 Å². The summed E-state index contributed by atoms with van der Waals surface area (Å²) in [5, 5.41) is 18.4. The van der Waals surface area contributed by atoms with Crippen molar-refractivity contribution in [1.82, 2.24) is 0 Å². The molecule has 0 spiro atoms. The van der Waals surface area contributed by atoms with Gasteiger partial charge in [0.05, 0.1) is 11.1 Å². The molecule has 0 saturated carbocycles. The molecule has 0 bridgehead atoms. The van der Waals surface area contributed by atoms with Crippen LogP contribution in [0.5, 0.6) is 0 Å². The van der Waals surface area contributed by atoms with Gasteiger partial charge >= 0.3 is 11.9 Å². The van der Waals surface area contributed by atoms with Crippen LogP contribution in [0.1, 0.15) is 31.4 Å². The van der Waals surface area contributed by atoms with Crippen LogP contribution in [0.2, 0.25) is 0 Å². The van der Waals surface area contributed by atoms with E-state index in [2.05, 4.69) is 0 Å². The highest BCUT2D eigenvalue weighted by atomic mass is 16.4. The number of aliphatic carboxylic acids is 2. The molecular weight excluding hydrogens is 232 g/mol. The van der Waals surface area contributed by atoms with Gasteiger partial charge in [0, 0.05) is 0 Å². The highest BCUT2D eigenvalue weighted by Gasteiger charge is 2.37. The highest BCUT2D eigenvalue weighted by Crippen LogP contribution is 2.42. The van der Waals surface area contributed by atoms with E-state index >= 15 is 0 Å². The summed E-state index contributed by atoms with van der Waals surface area (Å²) in [5.41, 5.74) is 0.915. The summed E-state index contributed by atoms with van der Waals surface area (Å²) in [6.45, 7) is 3.85. The van der Waals surface area contributed by atoms with E-state index < -0.39 is 11.9 Å². The van der Waals surface area contributed by atoms with E-state index in [9.17, 15) is 19.8 Å². The topological polar surface area (TPSA) is 74.6 Å². The van der Waals surface area contributed by atoms with Crippen LogP contribution in [0.15, 0.2) is 29.8 Å². The van der Waals surface area contributed by atoms with Crippen molar-refractivity contribution in [3.63, 3.8) is 0 Å². The maximum Gasteiger partial charge on any atom is 0.336 e. The van der Waals surface area contributed by atoms with Crippen molar-refractivity contribution in [2.24, 2.45) is 0 Å². The molecule has 4 nitrogen and oxygen atoms in total. The number of hydrogen-bond acceptors (Lipinski definition) is 2. The molecule has 1 aromatic carbocycles. The van der Waals surface area contributed by atoms with Crippen molar-refractivity contribution in [3.05, 3.63) is 41.0 Å². The first-order valence-electron chi connectivity index (χ1n) is 5.64. The van der Waals surface area contributed by atoms with Gasteiger partial charge in [0.25, 0.3) is 0 Å². The van der Waals surface area contributed by atoms with Crippen LogP contribution >= 0.6 is 0 Å². The minimum atomic E-state index is -1.18. The van der Waals surface area contributed by atoms with Gasteiger partial charge in [-0.15, -0.1) is 0 Å². The molecule has 0 amide bonds.